The van der Waals surface area contributed by atoms with Gasteiger partial charge in [-0.3, -0.25) is 0 Å². The number of hydrogen-bond acceptors (Lipinski definition) is 4. The van der Waals surface area contributed by atoms with E-state index in [1.165, 1.54) is 12.3 Å². The number of halogens is 1. The van der Waals surface area contributed by atoms with Crippen molar-refractivity contribution in [1.82, 2.24) is 4.98 Å². The van der Waals surface area contributed by atoms with Gasteiger partial charge in [0.15, 0.2) is 0 Å². The van der Waals surface area contributed by atoms with Crippen LogP contribution >= 0.6 is 15.9 Å². The molecule has 0 saturated carbocycles. The van der Waals surface area contributed by atoms with Crippen molar-refractivity contribution < 1.29 is 8.42 Å². The minimum Gasteiger partial charge on any atom is -0.383 e. The average molecular weight is 305 g/mol. The first-order valence-electron chi connectivity index (χ1n) is 4.76. The number of pyridine rings is 1. The topological polar surface area (TPSA) is 73.0 Å². The highest BCUT2D eigenvalue weighted by Crippen LogP contribution is 2.28. The molecule has 1 aromatic rings. The number of aromatic nitrogens is 1. The van der Waals surface area contributed by atoms with Gasteiger partial charge in [0.05, 0.1) is 4.90 Å². The number of nitrogens with zero attached hydrogens (tertiary/aromatic N) is 1. The predicted octanol–water partition coefficient (Wildman–Crippen LogP) is 1.77. The van der Waals surface area contributed by atoms with Crippen molar-refractivity contribution in [3.05, 3.63) is 16.7 Å². The summed E-state index contributed by atoms with van der Waals surface area (Å²) in [6, 6.07) is 1.49. The molecular formula is C9H14BBrN2O2S. The van der Waals surface area contributed by atoms with Crippen LogP contribution in [0.4, 0.5) is 5.82 Å². The lowest BCUT2D eigenvalue weighted by Gasteiger charge is -2.16. The van der Waals surface area contributed by atoms with Gasteiger partial charge in [0.1, 0.15) is 15.5 Å². The van der Waals surface area contributed by atoms with Gasteiger partial charge in [-0.05, 0) is 27.3 Å². The smallest absolute Gasteiger partial charge is 0.285 e. The Bertz CT molecular complexity index is 497. The predicted molar refractivity (Wildman–Crippen MR) is 70.4 cm³/mol. The maximum absolute atomic E-state index is 12.1. The third-order valence-electron chi connectivity index (χ3n) is 1.81. The Hall–Kier alpha value is -0.555. The number of anilines is 1. The zero-order valence-corrected chi connectivity index (χ0v) is 11.9. The molecule has 4 nitrogen and oxygen atoms in total. The molecule has 88 valence electrons. The fraction of sp³-hybridized carbons (Fsp3) is 0.444. The van der Waals surface area contributed by atoms with Crippen molar-refractivity contribution in [3.8, 4) is 0 Å². The van der Waals surface area contributed by atoms with Gasteiger partial charge in [-0.15, -0.1) is 0 Å². The maximum Gasteiger partial charge on any atom is 0.285 e. The standard InChI is InChI=1S/C9H14BBrN2O2S/c1-9(2,3)10-16(14,15)7-4-6(11)5-13-8(7)12/h4-5,10H,1-3H3,(H2,12,13). The van der Waals surface area contributed by atoms with Crippen molar-refractivity contribution in [2.24, 2.45) is 0 Å². The number of nitrogen functional groups attached to an aromatic ring is 1. The molecule has 16 heavy (non-hydrogen) atoms. The summed E-state index contributed by atoms with van der Waals surface area (Å²) in [5, 5.41) is -0.312. The third-order valence-corrected chi connectivity index (χ3v) is 4.48. The Morgan fingerprint density at radius 3 is 2.50 bits per heavy atom. The van der Waals surface area contributed by atoms with E-state index in [0.717, 1.165) is 0 Å². The summed E-state index contributed by atoms with van der Waals surface area (Å²) in [7, 11) is -3.39. The van der Waals surface area contributed by atoms with Crippen LogP contribution in [-0.4, -0.2) is 20.0 Å². The van der Waals surface area contributed by atoms with E-state index in [0.29, 0.717) is 4.47 Å². The molecular weight excluding hydrogens is 291 g/mol. The van der Waals surface area contributed by atoms with E-state index in [-0.39, 0.29) is 22.6 Å². The molecule has 0 radical (unpaired) electrons. The zero-order chi connectivity index (χ0) is 12.6. The molecule has 1 heterocycles. The van der Waals surface area contributed by atoms with Crippen molar-refractivity contribution in [1.29, 1.82) is 0 Å². The summed E-state index contributed by atoms with van der Waals surface area (Å²) in [6.07, 6.45) is 1.48. The normalized spacial score (nSPS) is 12.5. The highest BCUT2D eigenvalue weighted by molar-refractivity contribution is 9.10. The highest BCUT2D eigenvalue weighted by Gasteiger charge is 2.28. The SMILES string of the molecule is CC(C)(C)BS(=O)(=O)c1cc(Br)cnc1N. The van der Waals surface area contributed by atoms with Gasteiger partial charge in [0, 0.05) is 10.7 Å². The number of nitrogens with two attached hydrogens (primary N) is 1. The fourth-order valence-corrected chi connectivity index (χ4v) is 3.78. The van der Waals surface area contributed by atoms with E-state index in [4.69, 9.17) is 5.73 Å². The molecule has 0 bridgehead atoms. The second kappa shape index (κ2) is 4.37. The van der Waals surface area contributed by atoms with E-state index in [1.807, 2.05) is 20.8 Å². The van der Waals surface area contributed by atoms with Crippen LogP contribution in [0.15, 0.2) is 21.6 Å². The molecule has 0 saturated heterocycles. The van der Waals surface area contributed by atoms with Crippen LogP contribution in [0.1, 0.15) is 20.8 Å². The van der Waals surface area contributed by atoms with E-state index in [2.05, 4.69) is 20.9 Å². The van der Waals surface area contributed by atoms with E-state index in [9.17, 15) is 8.42 Å². The molecule has 0 aromatic carbocycles. The minimum absolute atomic E-state index is 0.0440. The molecule has 1 rings (SSSR count). The molecule has 0 unspecified atom stereocenters. The zero-order valence-electron chi connectivity index (χ0n) is 9.49. The first-order chi connectivity index (χ1) is 7.12. The molecule has 0 amide bonds. The molecule has 0 aliphatic carbocycles. The maximum atomic E-state index is 12.1. The molecule has 0 spiro atoms. The Labute approximate surface area is 105 Å². The summed E-state index contributed by atoms with van der Waals surface area (Å²) in [5.41, 5.74) is 5.58. The van der Waals surface area contributed by atoms with Crippen LogP contribution in [0.2, 0.25) is 5.31 Å². The average Bonchev–Trinajstić information content (AvgIpc) is 2.04. The van der Waals surface area contributed by atoms with Gasteiger partial charge < -0.3 is 5.73 Å². The van der Waals surface area contributed by atoms with Gasteiger partial charge in [-0.1, -0.05) is 20.8 Å². The summed E-state index contributed by atoms with van der Waals surface area (Å²) < 4.78 is 24.8. The van der Waals surface area contributed by atoms with Crippen LogP contribution in [0.25, 0.3) is 0 Å². The second-order valence-electron chi connectivity index (χ2n) is 4.86. The lowest BCUT2D eigenvalue weighted by molar-refractivity contribution is 0.606. The second-order valence-corrected chi connectivity index (χ2v) is 7.73. The van der Waals surface area contributed by atoms with Gasteiger partial charge in [0.2, 0.25) is 0 Å². The number of rotatable bonds is 2. The lowest BCUT2D eigenvalue weighted by Crippen LogP contribution is -2.21. The van der Waals surface area contributed by atoms with E-state index < -0.39 is 9.69 Å². The molecule has 7 heteroatoms. The van der Waals surface area contributed by atoms with Gasteiger partial charge in [0.25, 0.3) is 6.56 Å². The first-order valence-corrected chi connectivity index (χ1v) is 7.20. The Morgan fingerprint density at radius 1 is 1.44 bits per heavy atom. The first kappa shape index (κ1) is 13.5. The molecule has 0 aliphatic heterocycles. The van der Waals surface area contributed by atoms with E-state index >= 15 is 0 Å². The van der Waals surface area contributed by atoms with Gasteiger partial charge >= 0.3 is 0 Å². The highest BCUT2D eigenvalue weighted by atomic mass is 79.9. The van der Waals surface area contributed by atoms with Crippen molar-refractivity contribution >= 4 is 38.0 Å². The Balaban J connectivity index is 3.22. The quantitative estimate of drug-likeness (QED) is 0.845. The lowest BCUT2D eigenvalue weighted by atomic mass is 9.73. The van der Waals surface area contributed by atoms with Gasteiger partial charge in [-0.2, -0.15) is 0 Å². The van der Waals surface area contributed by atoms with E-state index in [1.54, 1.807) is 0 Å². The van der Waals surface area contributed by atoms with Crippen LogP contribution in [0.3, 0.4) is 0 Å². The van der Waals surface area contributed by atoms with Crippen molar-refractivity contribution in [2.75, 3.05) is 5.73 Å². The molecule has 0 fully saturated rings. The minimum atomic E-state index is -3.39. The monoisotopic (exact) mass is 304 g/mol. The molecule has 1 aromatic heterocycles. The van der Waals surface area contributed by atoms with Gasteiger partial charge in [-0.25, -0.2) is 13.4 Å². The van der Waals surface area contributed by atoms with Crippen molar-refractivity contribution in [3.63, 3.8) is 0 Å². The van der Waals surface area contributed by atoms with Crippen molar-refractivity contribution in [2.45, 2.75) is 31.0 Å². The molecule has 2 N–H and O–H groups in total. The Morgan fingerprint density at radius 2 is 2.00 bits per heavy atom. The van der Waals surface area contributed by atoms with Crippen LogP contribution in [0, 0.1) is 0 Å². The third kappa shape index (κ3) is 3.48. The molecule has 0 aliphatic rings. The van der Waals surface area contributed by atoms with Crippen LogP contribution in [-0.2, 0) is 9.69 Å². The largest absolute Gasteiger partial charge is 0.383 e. The summed E-state index contributed by atoms with van der Waals surface area (Å²) in [6.45, 7) is 5.65. The van der Waals surface area contributed by atoms with Crippen LogP contribution < -0.4 is 5.73 Å². The van der Waals surface area contributed by atoms with Crippen LogP contribution in [0.5, 0.6) is 0 Å². The fourth-order valence-electron chi connectivity index (χ4n) is 1.33. The summed E-state index contributed by atoms with van der Waals surface area (Å²) >= 11 is 3.19. The summed E-state index contributed by atoms with van der Waals surface area (Å²) in [5.74, 6) is 0.0486. The molecule has 0 atom stereocenters. The Kier molecular flexibility index (Phi) is 3.69. The number of hydrogen-bond donors (Lipinski definition) is 1. The summed E-state index contributed by atoms with van der Waals surface area (Å²) in [4.78, 5) is 3.92.